The molecule has 1 aromatic carbocycles. The molecule has 0 N–H and O–H groups in total. The van der Waals surface area contributed by atoms with Gasteiger partial charge in [-0.3, -0.25) is 0 Å². The van der Waals surface area contributed by atoms with Gasteiger partial charge in [0.25, 0.3) is 0 Å². The predicted molar refractivity (Wildman–Crippen MR) is 52.4 cm³/mol. The molecule has 0 unspecified atom stereocenters. The lowest BCUT2D eigenvalue weighted by molar-refractivity contribution is -0.180. The number of rotatable bonds is 1. The topological polar surface area (TPSA) is 27.7 Å². The maximum atomic E-state index is 13.1. The second kappa shape index (κ2) is 3.38. The molecule has 0 saturated heterocycles. The van der Waals surface area contributed by atoms with Gasteiger partial charge in [-0.2, -0.15) is 0 Å². The highest BCUT2D eigenvalue weighted by Crippen LogP contribution is 2.39. The molecule has 1 aliphatic rings. The average molecular weight is 212 g/mol. The van der Waals surface area contributed by atoms with Crippen LogP contribution in [0.5, 0.6) is 11.5 Å². The quantitative estimate of drug-likeness (QED) is 0.715. The van der Waals surface area contributed by atoms with E-state index in [4.69, 9.17) is 14.2 Å². The van der Waals surface area contributed by atoms with Crippen molar-refractivity contribution in [3.05, 3.63) is 23.5 Å². The van der Waals surface area contributed by atoms with Crippen LogP contribution in [0.3, 0.4) is 0 Å². The Morgan fingerprint density at radius 3 is 2.80 bits per heavy atom. The molecule has 0 radical (unpaired) electrons. The van der Waals surface area contributed by atoms with E-state index in [0.717, 1.165) is 0 Å². The van der Waals surface area contributed by atoms with E-state index in [1.807, 2.05) is 0 Å². The van der Waals surface area contributed by atoms with Crippen LogP contribution in [0, 0.1) is 5.82 Å². The molecular weight excluding hydrogens is 199 g/mol. The number of ether oxygens (including phenoxy) is 3. The normalized spacial score (nSPS) is 17.9. The van der Waals surface area contributed by atoms with Crippen molar-refractivity contribution in [2.45, 2.75) is 26.2 Å². The van der Waals surface area contributed by atoms with Gasteiger partial charge in [0.15, 0.2) is 11.5 Å². The van der Waals surface area contributed by atoms with Gasteiger partial charge in [0.05, 0.1) is 13.7 Å². The van der Waals surface area contributed by atoms with E-state index < -0.39 is 5.79 Å². The number of halogens is 1. The third-order valence-corrected chi connectivity index (χ3v) is 2.24. The number of methoxy groups -OCH3 is 1. The Morgan fingerprint density at radius 2 is 2.13 bits per heavy atom. The van der Waals surface area contributed by atoms with Gasteiger partial charge in [0.1, 0.15) is 5.82 Å². The minimum absolute atomic E-state index is 0.330. The fourth-order valence-corrected chi connectivity index (χ4v) is 1.52. The SMILES string of the molecule is COc1cc(F)cc2c1OC(C)(C)OC2. The van der Waals surface area contributed by atoms with E-state index >= 15 is 0 Å². The molecule has 0 fully saturated rings. The van der Waals surface area contributed by atoms with Crippen LogP contribution in [0.25, 0.3) is 0 Å². The first-order valence-corrected chi connectivity index (χ1v) is 4.71. The van der Waals surface area contributed by atoms with Crippen LogP contribution in [0.1, 0.15) is 19.4 Å². The molecule has 15 heavy (non-hydrogen) atoms. The first-order chi connectivity index (χ1) is 7.02. The van der Waals surface area contributed by atoms with Crippen LogP contribution in [0.15, 0.2) is 12.1 Å². The van der Waals surface area contributed by atoms with E-state index in [-0.39, 0.29) is 5.82 Å². The molecule has 1 aromatic rings. The molecule has 2 rings (SSSR count). The fraction of sp³-hybridized carbons (Fsp3) is 0.455. The van der Waals surface area contributed by atoms with Crippen molar-refractivity contribution >= 4 is 0 Å². The van der Waals surface area contributed by atoms with Gasteiger partial charge in [-0.25, -0.2) is 4.39 Å². The summed E-state index contributed by atoms with van der Waals surface area (Å²) in [6, 6.07) is 2.70. The predicted octanol–water partition coefficient (Wildman–Crippen LogP) is 2.48. The molecule has 0 spiro atoms. The number of fused-ring (bicyclic) bond motifs is 1. The fourth-order valence-electron chi connectivity index (χ4n) is 1.52. The van der Waals surface area contributed by atoms with Gasteiger partial charge in [0, 0.05) is 25.5 Å². The minimum atomic E-state index is -0.696. The lowest BCUT2D eigenvalue weighted by Crippen LogP contribution is -2.35. The van der Waals surface area contributed by atoms with E-state index in [1.165, 1.54) is 19.2 Å². The van der Waals surface area contributed by atoms with Crippen LogP contribution in [0.2, 0.25) is 0 Å². The van der Waals surface area contributed by atoms with E-state index in [9.17, 15) is 4.39 Å². The van der Waals surface area contributed by atoms with E-state index in [2.05, 4.69) is 0 Å². The summed E-state index contributed by atoms with van der Waals surface area (Å²) in [5, 5.41) is 0. The zero-order chi connectivity index (χ0) is 11.1. The summed E-state index contributed by atoms with van der Waals surface area (Å²) >= 11 is 0. The minimum Gasteiger partial charge on any atom is -0.493 e. The van der Waals surface area contributed by atoms with Gasteiger partial charge >= 0.3 is 0 Å². The van der Waals surface area contributed by atoms with Crippen molar-refractivity contribution in [1.82, 2.24) is 0 Å². The van der Waals surface area contributed by atoms with Crippen LogP contribution >= 0.6 is 0 Å². The molecule has 0 bridgehead atoms. The highest BCUT2D eigenvalue weighted by molar-refractivity contribution is 5.47. The number of benzene rings is 1. The molecule has 1 aliphatic heterocycles. The van der Waals surface area contributed by atoms with Crippen LogP contribution in [-0.2, 0) is 11.3 Å². The zero-order valence-corrected chi connectivity index (χ0v) is 8.96. The Hall–Kier alpha value is -1.29. The van der Waals surface area contributed by atoms with Crippen molar-refractivity contribution in [1.29, 1.82) is 0 Å². The monoisotopic (exact) mass is 212 g/mol. The Labute approximate surface area is 87.8 Å². The maximum absolute atomic E-state index is 13.1. The van der Waals surface area contributed by atoms with Crippen LogP contribution in [0.4, 0.5) is 4.39 Å². The van der Waals surface area contributed by atoms with Crippen molar-refractivity contribution in [3.8, 4) is 11.5 Å². The standard InChI is InChI=1S/C11H13FO3/c1-11(2)14-6-7-4-8(12)5-9(13-3)10(7)15-11/h4-5H,6H2,1-3H3. The highest BCUT2D eigenvalue weighted by Gasteiger charge is 2.30. The Morgan fingerprint density at radius 1 is 1.40 bits per heavy atom. The number of hydrogen-bond donors (Lipinski definition) is 0. The van der Waals surface area contributed by atoms with E-state index in [1.54, 1.807) is 13.8 Å². The first-order valence-electron chi connectivity index (χ1n) is 4.71. The third-order valence-electron chi connectivity index (χ3n) is 2.24. The largest absolute Gasteiger partial charge is 0.493 e. The summed E-state index contributed by atoms with van der Waals surface area (Å²) in [6.07, 6.45) is 0. The third kappa shape index (κ3) is 1.90. The van der Waals surface area contributed by atoms with Gasteiger partial charge in [0.2, 0.25) is 5.79 Å². The molecule has 0 amide bonds. The van der Waals surface area contributed by atoms with Crippen molar-refractivity contribution in [2.24, 2.45) is 0 Å². The van der Waals surface area contributed by atoms with Crippen molar-refractivity contribution in [3.63, 3.8) is 0 Å². The second-order valence-corrected chi connectivity index (χ2v) is 3.89. The lowest BCUT2D eigenvalue weighted by Gasteiger charge is -2.33. The lowest BCUT2D eigenvalue weighted by atomic mass is 10.1. The molecular formula is C11H13FO3. The summed E-state index contributed by atoms with van der Waals surface area (Å²) in [4.78, 5) is 0. The molecule has 0 atom stereocenters. The summed E-state index contributed by atoms with van der Waals surface area (Å²) in [7, 11) is 1.49. The average Bonchev–Trinajstić information content (AvgIpc) is 2.17. The molecule has 3 nitrogen and oxygen atoms in total. The van der Waals surface area contributed by atoms with Crippen molar-refractivity contribution in [2.75, 3.05) is 7.11 Å². The second-order valence-electron chi connectivity index (χ2n) is 3.89. The van der Waals surface area contributed by atoms with Crippen LogP contribution < -0.4 is 9.47 Å². The van der Waals surface area contributed by atoms with Crippen LogP contribution in [-0.4, -0.2) is 12.9 Å². The summed E-state index contributed by atoms with van der Waals surface area (Å²) in [5.74, 6) is -0.0768. The van der Waals surface area contributed by atoms with Gasteiger partial charge in [-0.05, 0) is 6.07 Å². The first kappa shape index (κ1) is 10.2. The molecule has 0 aromatic heterocycles. The van der Waals surface area contributed by atoms with Crippen molar-refractivity contribution < 1.29 is 18.6 Å². The summed E-state index contributed by atoms with van der Waals surface area (Å²) in [5.41, 5.74) is 0.672. The summed E-state index contributed by atoms with van der Waals surface area (Å²) < 4.78 is 29.2. The van der Waals surface area contributed by atoms with Gasteiger partial charge < -0.3 is 14.2 Å². The molecule has 82 valence electrons. The Balaban J connectivity index is 2.48. The Bertz CT molecular complexity index is 370. The summed E-state index contributed by atoms with van der Waals surface area (Å²) in [6.45, 7) is 3.94. The van der Waals surface area contributed by atoms with E-state index in [0.29, 0.717) is 23.7 Å². The molecule has 1 heterocycles. The maximum Gasteiger partial charge on any atom is 0.205 e. The molecule has 4 heteroatoms. The zero-order valence-electron chi connectivity index (χ0n) is 8.96. The highest BCUT2D eigenvalue weighted by atomic mass is 19.1. The smallest absolute Gasteiger partial charge is 0.205 e. The molecule has 0 saturated carbocycles. The molecule has 0 aliphatic carbocycles. The van der Waals surface area contributed by atoms with Gasteiger partial charge in [-0.1, -0.05) is 0 Å². The number of hydrogen-bond acceptors (Lipinski definition) is 3. The Kier molecular flexibility index (Phi) is 2.31. The van der Waals surface area contributed by atoms with Gasteiger partial charge in [-0.15, -0.1) is 0 Å².